The molecule has 4 bridgehead atoms. The lowest BCUT2D eigenvalue weighted by Crippen LogP contribution is -2.61. The monoisotopic (exact) mass is 355 g/mol. The van der Waals surface area contributed by atoms with Gasteiger partial charge in [0.15, 0.2) is 0 Å². The Morgan fingerprint density at radius 1 is 0.962 bits per heavy atom. The molecule has 0 aromatic heterocycles. The summed E-state index contributed by atoms with van der Waals surface area (Å²) in [5, 5.41) is 9.45. The summed E-state index contributed by atoms with van der Waals surface area (Å²) in [6.07, 6.45) is 7.64. The molecule has 4 saturated carbocycles. The topological polar surface area (TPSA) is 70.2 Å². The van der Waals surface area contributed by atoms with Crippen molar-refractivity contribution in [1.82, 2.24) is 5.32 Å². The second-order valence-corrected chi connectivity index (χ2v) is 8.81. The van der Waals surface area contributed by atoms with Gasteiger partial charge in [0.2, 0.25) is 11.8 Å². The molecule has 2 amide bonds. The van der Waals surface area contributed by atoms with Gasteiger partial charge in [0, 0.05) is 23.8 Å². The van der Waals surface area contributed by atoms with Crippen LogP contribution in [0.2, 0.25) is 0 Å². The van der Waals surface area contributed by atoms with Crippen molar-refractivity contribution in [2.24, 2.45) is 17.8 Å². The van der Waals surface area contributed by atoms with E-state index >= 15 is 0 Å². The van der Waals surface area contributed by atoms with E-state index in [1.807, 2.05) is 31.2 Å². The molecule has 0 aliphatic heterocycles. The Balaban J connectivity index is 1.35. The van der Waals surface area contributed by atoms with E-state index in [0.717, 1.165) is 29.1 Å². The number of hydrogen-bond acceptors (Lipinski definition) is 3. The molecule has 5 rings (SSSR count). The van der Waals surface area contributed by atoms with Crippen molar-refractivity contribution in [2.75, 3.05) is 10.6 Å². The van der Waals surface area contributed by atoms with Crippen LogP contribution in [0.3, 0.4) is 0 Å². The summed E-state index contributed by atoms with van der Waals surface area (Å²) >= 11 is 0. The standard InChI is InChI=1S/C21H29N3O2/c1-13(22-18-3-5-19(6-4-18)23-14(2)25)20(26)24-21-10-15-7-16(11-21)9-17(8-15)12-21/h3-6,13,15-17,22H,7-12H2,1-2H3,(H,23,25)(H,24,26). The smallest absolute Gasteiger partial charge is 0.242 e. The van der Waals surface area contributed by atoms with Gasteiger partial charge in [-0.15, -0.1) is 0 Å². The van der Waals surface area contributed by atoms with Crippen molar-refractivity contribution in [3.8, 4) is 0 Å². The quantitative estimate of drug-likeness (QED) is 0.757. The number of amides is 2. The Hall–Kier alpha value is -2.04. The summed E-state index contributed by atoms with van der Waals surface area (Å²) in [5.41, 5.74) is 1.69. The Morgan fingerprint density at radius 2 is 1.46 bits per heavy atom. The minimum absolute atomic E-state index is 0.0526. The van der Waals surface area contributed by atoms with Crippen LogP contribution in [0.5, 0.6) is 0 Å². The molecule has 3 N–H and O–H groups in total. The van der Waals surface area contributed by atoms with Crippen LogP contribution in [0.4, 0.5) is 11.4 Å². The van der Waals surface area contributed by atoms with E-state index in [1.54, 1.807) is 0 Å². The third-order valence-corrected chi connectivity index (χ3v) is 6.41. The third kappa shape index (κ3) is 3.57. The summed E-state index contributed by atoms with van der Waals surface area (Å²) in [4.78, 5) is 23.9. The molecule has 0 radical (unpaired) electrons. The highest BCUT2D eigenvalue weighted by Crippen LogP contribution is 2.55. The highest BCUT2D eigenvalue weighted by atomic mass is 16.2. The summed E-state index contributed by atoms with van der Waals surface area (Å²) < 4.78 is 0. The van der Waals surface area contributed by atoms with Crippen molar-refractivity contribution in [3.63, 3.8) is 0 Å². The average molecular weight is 355 g/mol. The Bertz CT molecular complexity index is 662. The maximum atomic E-state index is 12.8. The number of hydrogen-bond donors (Lipinski definition) is 3. The van der Waals surface area contributed by atoms with Crippen molar-refractivity contribution in [2.45, 2.75) is 64.0 Å². The molecule has 140 valence electrons. The van der Waals surface area contributed by atoms with Crippen molar-refractivity contribution in [3.05, 3.63) is 24.3 Å². The molecular formula is C21H29N3O2. The molecule has 1 aromatic rings. The van der Waals surface area contributed by atoms with E-state index in [4.69, 9.17) is 0 Å². The van der Waals surface area contributed by atoms with E-state index in [0.29, 0.717) is 0 Å². The number of rotatable bonds is 5. The number of benzene rings is 1. The maximum absolute atomic E-state index is 12.8. The van der Waals surface area contributed by atoms with Crippen LogP contribution in [0.15, 0.2) is 24.3 Å². The average Bonchev–Trinajstić information content (AvgIpc) is 2.54. The maximum Gasteiger partial charge on any atom is 0.242 e. The minimum Gasteiger partial charge on any atom is -0.374 e. The molecule has 1 atom stereocenters. The predicted octanol–water partition coefficient (Wildman–Crippen LogP) is 3.53. The van der Waals surface area contributed by atoms with Crippen molar-refractivity contribution < 1.29 is 9.59 Å². The van der Waals surface area contributed by atoms with Crippen LogP contribution >= 0.6 is 0 Å². The highest BCUT2D eigenvalue weighted by Gasteiger charge is 2.51. The van der Waals surface area contributed by atoms with Crippen LogP contribution in [-0.4, -0.2) is 23.4 Å². The van der Waals surface area contributed by atoms with Gasteiger partial charge in [-0.05, 0) is 87.5 Å². The van der Waals surface area contributed by atoms with Gasteiger partial charge in [-0.25, -0.2) is 0 Å². The largest absolute Gasteiger partial charge is 0.374 e. The Morgan fingerprint density at radius 3 is 1.96 bits per heavy atom. The van der Waals surface area contributed by atoms with Gasteiger partial charge in [0.25, 0.3) is 0 Å². The molecule has 5 heteroatoms. The van der Waals surface area contributed by atoms with Gasteiger partial charge in [0.1, 0.15) is 6.04 Å². The number of carbonyl (C=O) groups is 2. The molecule has 0 saturated heterocycles. The van der Waals surface area contributed by atoms with Gasteiger partial charge in [-0.3, -0.25) is 9.59 Å². The normalized spacial score (nSPS) is 32.8. The van der Waals surface area contributed by atoms with E-state index < -0.39 is 0 Å². The second-order valence-electron chi connectivity index (χ2n) is 8.81. The summed E-state index contributed by atoms with van der Waals surface area (Å²) in [5.74, 6) is 2.48. The van der Waals surface area contributed by atoms with E-state index in [2.05, 4.69) is 16.0 Å². The van der Waals surface area contributed by atoms with Gasteiger partial charge in [-0.2, -0.15) is 0 Å². The van der Waals surface area contributed by atoms with E-state index in [-0.39, 0.29) is 23.4 Å². The first-order valence-corrected chi connectivity index (χ1v) is 9.87. The first kappa shape index (κ1) is 17.4. The zero-order valence-corrected chi connectivity index (χ0v) is 15.7. The van der Waals surface area contributed by atoms with Crippen LogP contribution in [0.25, 0.3) is 0 Å². The lowest BCUT2D eigenvalue weighted by Gasteiger charge is -2.57. The Labute approximate surface area is 155 Å². The SMILES string of the molecule is CC(=O)Nc1ccc(NC(C)C(=O)NC23CC4CC(CC(C4)C2)C3)cc1. The van der Waals surface area contributed by atoms with Gasteiger partial charge in [0.05, 0.1) is 0 Å². The number of nitrogens with one attached hydrogen (secondary N) is 3. The summed E-state index contributed by atoms with van der Waals surface area (Å²) in [7, 11) is 0. The molecular weight excluding hydrogens is 326 g/mol. The predicted molar refractivity (Wildman–Crippen MR) is 103 cm³/mol. The third-order valence-electron chi connectivity index (χ3n) is 6.41. The zero-order valence-electron chi connectivity index (χ0n) is 15.7. The van der Waals surface area contributed by atoms with Gasteiger partial charge < -0.3 is 16.0 Å². The zero-order chi connectivity index (χ0) is 18.3. The molecule has 0 heterocycles. The van der Waals surface area contributed by atoms with Crippen molar-refractivity contribution in [1.29, 1.82) is 0 Å². The minimum atomic E-state index is -0.283. The van der Waals surface area contributed by atoms with E-state index in [1.165, 1.54) is 45.4 Å². The van der Waals surface area contributed by atoms with Crippen LogP contribution < -0.4 is 16.0 Å². The second kappa shape index (κ2) is 6.60. The molecule has 1 aromatic carbocycles. The molecule has 4 fully saturated rings. The first-order valence-electron chi connectivity index (χ1n) is 9.87. The summed E-state index contributed by atoms with van der Waals surface area (Å²) in [6.45, 7) is 3.40. The first-order chi connectivity index (χ1) is 12.4. The Kier molecular flexibility index (Phi) is 4.41. The lowest BCUT2D eigenvalue weighted by molar-refractivity contribution is -0.127. The molecule has 4 aliphatic carbocycles. The molecule has 4 aliphatic rings. The molecule has 0 spiro atoms. The lowest BCUT2D eigenvalue weighted by atomic mass is 9.53. The fourth-order valence-electron chi connectivity index (χ4n) is 5.80. The van der Waals surface area contributed by atoms with Crippen LogP contribution in [0, 0.1) is 17.8 Å². The number of anilines is 2. The molecule has 5 nitrogen and oxygen atoms in total. The number of carbonyl (C=O) groups excluding carboxylic acids is 2. The fourth-order valence-corrected chi connectivity index (χ4v) is 5.80. The highest BCUT2D eigenvalue weighted by molar-refractivity contribution is 5.89. The molecule has 1 unspecified atom stereocenters. The van der Waals surface area contributed by atoms with E-state index in [9.17, 15) is 9.59 Å². The van der Waals surface area contributed by atoms with Crippen LogP contribution in [0.1, 0.15) is 52.4 Å². The van der Waals surface area contributed by atoms with Crippen molar-refractivity contribution >= 4 is 23.2 Å². The summed E-state index contributed by atoms with van der Waals surface area (Å²) in [6, 6.07) is 7.18. The fraction of sp³-hybridized carbons (Fsp3) is 0.619. The molecule has 26 heavy (non-hydrogen) atoms. The van der Waals surface area contributed by atoms with Gasteiger partial charge >= 0.3 is 0 Å². The van der Waals surface area contributed by atoms with Gasteiger partial charge in [-0.1, -0.05) is 0 Å². The van der Waals surface area contributed by atoms with Crippen LogP contribution in [-0.2, 0) is 9.59 Å².